The number of halogens is 1. The molecule has 20 heavy (non-hydrogen) atoms. The Morgan fingerprint density at radius 3 is 2.60 bits per heavy atom. The van der Waals surface area contributed by atoms with Crippen LogP contribution in [0.4, 0.5) is 5.69 Å². The van der Waals surface area contributed by atoms with Crippen molar-refractivity contribution in [3.63, 3.8) is 0 Å². The Balaban J connectivity index is 0.00000200. The van der Waals surface area contributed by atoms with Gasteiger partial charge in [0.25, 0.3) is 5.91 Å². The second-order valence-corrected chi connectivity index (χ2v) is 4.92. The highest BCUT2D eigenvalue weighted by molar-refractivity contribution is 6.04. The van der Waals surface area contributed by atoms with Gasteiger partial charge in [-0.25, -0.2) is 0 Å². The fraction of sp³-hybridized carbons (Fsp3) is 0.429. The molecule has 0 saturated carbocycles. The minimum Gasteiger partial charge on any atom is -0.345 e. The van der Waals surface area contributed by atoms with Crippen LogP contribution in [0.2, 0.25) is 0 Å². The van der Waals surface area contributed by atoms with E-state index in [-0.39, 0.29) is 30.1 Å². The van der Waals surface area contributed by atoms with Crippen LogP contribution in [0.25, 0.3) is 0 Å². The van der Waals surface area contributed by atoms with E-state index >= 15 is 0 Å². The van der Waals surface area contributed by atoms with Crippen LogP contribution in [-0.4, -0.2) is 43.9 Å². The van der Waals surface area contributed by atoms with E-state index in [0.717, 1.165) is 13.0 Å². The van der Waals surface area contributed by atoms with E-state index in [0.29, 0.717) is 17.8 Å². The summed E-state index contributed by atoms with van der Waals surface area (Å²) >= 11 is 0. The van der Waals surface area contributed by atoms with E-state index in [1.807, 2.05) is 6.07 Å². The number of anilines is 1. The number of carbonyl (C=O) groups excluding carboxylic acids is 2. The third-order valence-corrected chi connectivity index (χ3v) is 3.25. The molecule has 0 aromatic heterocycles. The molecule has 2 amide bonds. The molecule has 0 radical (unpaired) electrons. The van der Waals surface area contributed by atoms with Gasteiger partial charge in [-0.2, -0.15) is 0 Å². The number of hydrogen-bond donors (Lipinski definition) is 2. The van der Waals surface area contributed by atoms with Crippen molar-refractivity contribution in [3.05, 3.63) is 29.8 Å². The first kappa shape index (κ1) is 16.5. The summed E-state index contributed by atoms with van der Waals surface area (Å²) in [5.41, 5.74) is 1.10. The maximum Gasteiger partial charge on any atom is 0.255 e. The summed E-state index contributed by atoms with van der Waals surface area (Å²) in [5, 5.41) is 6.02. The van der Waals surface area contributed by atoms with Gasteiger partial charge in [0, 0.05) is 20.6 Å². The van der Waals surface area contributed by atoms with Crippen molar-refractivity contribution in [2.75, 3.05) is 32.5 Å². The van der Waals surface area contributed by atoms with Gasteiger partial charge >= 0.3 is 0 Å². The molecule has 1 unspecified atom stereocenters. The van der Waals surface area contributed by atoms with Gasteiger partial charge in [-0.15, -0.1) is 12.4 Å². The number of amides is 2. The van der Waals surface area contributed by atoms with Gasteiger partial charge in [0.1, 0.15) is 0 Å². The zero-order valence-electron chi connectivity index (χ0n) is 11.7. The fourth-order valence-corrected chi connectivity index (χ4v) is 2.13. The Kier molecular flexibility index (Phi) is 5.98. The molecule has 1 aromatic rings. The van der Waals surface area contributed by atoms with Gasteiger partial charge in [0.2, 0.25) is 5.91 Å². The lowest BCUT2D eigenvalue weighted by Gasteiger charge is -2.16. The number of hydrogen-bond acceptors (Lipinski definition) is 3. The molecular weight excluding hydrogens is 278 g/mol. The van der Waals surface area contributed by atoms with Crippen LogP contribution in [0.5, 0.6) is 0 Å². The standard InChI is InChI=1S/C14H19N3O2.ClH/c1-17(2)14(19)11-5-3-4-6-12(11)16-13(18)10-7-8-15-9-10;/h3-6,10,15H,7-9H2,1-2H3,(H,16,18);1H. The van der Waals surface area contributed by atoms with Gasteiger partial charge in [-0.3, -0.25) is 9.59 Å². The summed E-state index contributed by atoms with van der Waals surface area (Å²) in [6, 6.07) is 7.10. The molecule has 0 aliphatic carbocycles. The Bertz CT molecular complexity index is 485. The summed E-state index contributed by atoms with van der Waals surface area (Å²) in [7, 11) is 3.39. The van der Waals surface area contributed by atoms with E-state index < -0.39 is 0 Å². The van der Waals surface area contributed by atoms with Gasteiger partial charge < -0.3 is 15.5 Å². The summed E-state index contributed by atoms with van der Waals surface area (Å²) < 4.78 is 0. The number of para-hydroxylation sites is 1. The van der Waals surface area contributed by atoms with Crippen molar-refractivity contribution < 1.29 is 9.59 Å². The third kappa shape index (κ3) is 3.71. The number of benzene rings is 1. The van der Waals surface area contributed by atoms with Crippen LogP contribution in [-0.2, 0) is 4.79 Å². The topological polar surface area (TPSA) is 61.4 Å². The van der Waals surface area contributed by atoms with Gasteiger partial charge in [0.15, 0.2) is 0 Å². The first-order chi connectivity index (χ1) is 9.09. The van der Waals surface area contributed by atoms with Crippen LogP contribution >= 0.6 is 12.4 Å². The van der Waals surface area contributed by atoms with Crippen LogP contribution < -0.4 is 10.6 Å². The molecule has 1 saturated heterocycles. The predicted molar refractivity (Wildman–Crippen MR) is 81.3 cm³/mol. The predicted octanol–water partition coefficient (Wildman–Crippen LogP) is 1.36. The van der Waals surface area contributed by atoms with Crippen molar-refractivity contribution in [2.45, 2.75) is 6.42 Å². The largest absolute Gasteiger partial charge is 0.345 e. The number of rotatable bonds is 3. The molecule has 6 heteroatoms. The van der Waals surface area contributed by atoms with E-state index in [4.69, 9.17) is 0 Å². The molecule has 2 N–H and O–H groups in total. The minimum atomic E-state index is -0.111. The average molecular weight is 298 g/mol. The van der Waals surface area contributed by atoms with Crippen molar-refractivity contribution in [1.29, 1.82) is 0 Å². The summed E-state index contributed by atoms with van der Waals surface area (Å²) in [6.45, 7) is 1.58. The van der Waals surface area contributed by atoms with Crippen molar-refractivity contribution in [2.24, 2.45) is 5.92 Å². The number of nitrogens with zero attached hydrogens (tertiary/aromatic N) is 1. The monoisotopic (exact) mass is 297 g/mol. The lowest BCUT2D eigenvalue weighted by molar-refractivity contribution is -0.119. The van der Waals surface area contributed by atoms with Crippen LogP contribution in [0.1, 0.15) is 16.8 Å². The molecule has 110 valence electrons. The quantitative estimate of drug-likeness (QED) is 0.885. The van der Waals surface area contributed by atoms with E-state index in [1.54, 1.807) is 32.3 Å². The lowest BCUT2D eigenvalue weighted by atomic mass is 10.1. The fourth-order valence-electron chi connectivity index (χ4n) is 2.13. The Hall–Kier alpha value is -1.59. The van der Waals surface area contributed by atoms with Gasteiger partial charge in [-0.05, 0) is 25.1 Å². The first-order valence-corrected chi connectivity index (χ1v) is 6.42. The lowest BCUT2D eigenvalue weighted by Crippen LogP contribution is -2.27. The summed E-state index contributed by atoms with van der Waals surface area (Å²) in [5.74, 6) is -0.146. The number of carbonyl (C=O) groups is 2. The highest BCUT2D eigenvalue weighted by Crippen LogP contribution is 2.18. The van der Waals surface area contributed by atoms with Crippen LogP contribution in [0.15, 0.2) is 24.3 Å². The van der Waals surface area contributed by atoms with E-state index in [1.165, 1.54) is 4.90 Å². The maximum absolute atomic E-state index is 12.1. The Morgan fingerprint density at radius 2 is 2.00 bits per heavy atom. The zero-order valence-corrected chi connectivity index (χ0v) is 12.5. The zero-order chi connectivity index (χ0) is 13.8. The smallest absolute Gasteiger partial charge is 0.255 e. The summed E-state index contributed by atoms with van der Waals surface area (Å²) in [6.07, 6.45) is 0.843. The second-order valence-electron chi connectivity index (χ2n) is 4.92. The molecule has 1 fully saturated rings. The molecule has 0 bridgehead atoms. The first-order valence-electron chi connectivity index (χ1n) is 6.42. The molecular formula is C14H20ClN3O2. The molecule has 5 nitrogen and oxygen atoms in total. The van der Waals surface area contributed by atoms with Crippen molar-refractivity contribution >= 4 is 29.9 Å². The molecule has 2 rings (SSSR count). The highest BCUT2D eigenvalue weighted by atomic mass is 35.5. The van der Waals surface area contributed by atoms with Gasteiger partial charge in [0.05, 0.1) is 17.2 Å². The van der Waals surface area contributed by atoms with Crippen LogP contribution in [0.3, 0.4) is 0 Å². The summed E-state index contributed by atoms with van der Waals surface area (Å²) in [4.78, 5) is 25.6. The molecule has 1 aromatic carbocycles. The average Bonchev–Trinajstić information content (AvgIpc) is 2.92. The molecule has 1 aliphatic rings. The van der Waals surface area contributed by atoms with Gasteiger partial charge in [-0.1, -0.05) is 12.1 Å². The molecule has 1 aliphatic heterocycles. The van der Waals surface area contributed by atoms with Crippen molar-refractivity contribution in [1.82, 2.24) is 10.2 Å². The van der Waals surface area contributed by atoms with Crippen LogP contribution in [0, 0.1) is 5.92 Å². The minimum absolute atomic E-state index is 0. The Morgan fingerprint density at radius 1 is 1.30 bits per heavy atom. The second kappa shape index (κ2) is 7.26. The SMILES string of the molecule is CN(C)C(=O)c1ccccc1NC(=O)C1CCNC1.Cl. The van der Waals surface area contributed by atoms with E-state index in [2.05, 4.69) is 10.6 Å². The van der Waals surface area contributed by atoms with Crippen molar-refractivity contribution in [3.8, 4) is 0 Å². The maximum atomic E-state index is 12.1. The normalized spacial score (nSPS) is 17.2. The Labute approximate surface area is 125 Å². The highest BCUT2D eigenvalue weighted by Gasteiger charge is 2.23. The number of nitrogens with one attached hydrogen (secondary N) is 2. The van der Waals surface area contributed by atoms with E-state index in [9.17, 15) is 9.59 Å². The molecule has 1 atom stereocenters. The molecule has 0 spiro atoms. The molecule has 1 heterocycles. The third-order valence-electron chi connectivity index (χ3n) is 3.25.